The van der Waals surface area contributed by atoms with Crippen LogP contribution in [0.1, 0.15) is 36.0 Å². The average Bonchev–Trinajstić information content (AvgIpc) is 3.05. The maximum absolute atomic E-state index is 5.55. The third-order valence-corrected chi connectivity index (χ3v) is 5.66. The number of thiophene rings is 1. The van der Waals surface area contributed by atoms with Crippen molar-refractivity contribution in [2.45, 2.75) is 25.4 Å². The molecule has 0 spiro atoms. The van der Waals surface area contributed by atoms with E-state index < -0.39 is 0 Å². The van der Waals surface area contributed by atoms with Crippen molar-refractivity contribution in [1.82, 2.24) is 15.2 Å². The lowest BCUT2D eigenvalue weighted by atomic mass is 10.0. The predicted octanol–water partition coefficient (Wildman–Crippen LogP) is 4.29. The van der Waals surface area contributed by atoms with E-state index in [1.807, 2.05) is 18.3 Å². The van der Waals surface area contributed by atoms with Crippen molar-refractivity contribution in [3.05, 3.63) is 50.9 Å². The summed E-state index contributed by atoms with van der Waals surface area (Å²) in [4.78, 5) is 8.11. The van der Waals surface area contributed by atoms with Crippen molar-refractivity contribution in [3.8, 4) is 0 Å². The van der Waals surface area contributed by atoms with Crippen LogP contribution >= 0.6 is 39.5 Å². The molecule has 0 unspecified atom stereocenters. The van der Waals surface area contributed by atoms with Crippen LogP contribution in [0.4, 0.5) is 0 Å². The topological polar surface area (TPSA) is 28.2 Å². The van der Waals surface area contributed by atoms with Crippen LogP contribution < -0.4 is 5.32 Å². The molecule has 21 heavy (non-hydrogen) atoms. The molecule has 0 aromatic carbocycles. The zero-order chi connectivity index (χ0) is 14.8. The highest BCUT2D eigenvalue weighted by Gasteiger charge is 2.39. The Kier molecular flexibility index (Phi) is 4.57. The van der Waals surface area contributed by atoms with Gasteiger partial charge in [-0.2, -0.15) is 0 Å². The van der Waals surface area contributed by atoms with Crippen molar-refractivity contribution < 1.29 is 0 Å². The molecule has 2 aromatic heterocycles. The number of nitrogens with zero attached hydrogens (tertiary/aromatic N) is 2. The fourth-order valence-electron chi connectivity index (χ4n) is 2.68. The van der Waals surface area contributed by atoms with Gasteiger partial charge in [0.1, 0.15) is 0 Å². The van der Waals surface area contributed by atoms with E-state index in [0.29, 0.717) is 0 Å². The van der Waals surface area contributed by atoms with Gasteiger partial charge in [-0.3, -0.25) is 4.98 Å². The zero-order valence-corrected chi connectivity index (χ0v) is 14.8. The summed E-state index contributed by atoms with van der Waals surface area (Å²) in [6.07, 6.45) is 2.91. The molecule has 1 saturated heterocycles. The summed E-state index contributed by atoms with van der Waals surface area (Å²) >= 11 is 10.9. The number of nitrogens with one attached hydrogen (secondary N) is 1. The predicted molar refractivity (Wildman–Crippen MR) is 94.5 cm³/mol. The molecule has 3 rings (SSSR count). The largest absolute Gasteiger partial charge is 0.352 e. The minimum absolute atomic E-state index is 0.107. The van der Waals surface area contributed by atoms with Crippen LogP contribution in [-0.4, -0.2) is 21.5 Å². The lowest BCUT2D eigenvalue weighted by molar-refractivity contribution is 0.322. The Labute approximate surface area is 142 Å². The smallest absolute Gasteiger partial charge is 0.170 e. The Morgan fingerprint density at radius 2 is 2.33 bits per heavy atom. The molecule has 2 atom stereocenters. The first-order chi connectivity index (χ1) is 10.2. The number of halogens is 1. The first-order valence-electron chi connectivity index (χ1n) is 6.92. The highest BCUT2D eigenvalue weighted by molar-refractivity contribution is 9.10. The number of rotatable bonds is 4. The van der Waals surface area contributed by atoms with Crippen LogP contribution in [0.5, 0.6) is 0 Å². The molecule has 0 amide bonds. The molecule has 2 aromatic rings. The third-order valence-electron chi connectivity index (χ3n) is 3.54. The summed E-state index contributed by atoms with van der Waals surface area (Å²) in [6.45, 7) is 3.13. The second kappa shape index (κ2) is 6.42. The molecular formula is C15H16BrN3S2. The fraction of sp³-hybridized carbons (Fsp3) is 0.333. The maximum atomic E-state index is 5.55. The van der Waals surface area contributed by atoms with Crippen molar-refractivity contribution in [1.29, 1.82) is 0 Å². The van der Waals surface area contributed by atoms with Gasteiger partial charge in [0.2, 0.25) is 0 Å². The van der Waals surface area contributed by atoms with Gasteiger partial charge in [-0.05, 0) is 52.8 Å². The maximum Gasteiger partial charge on any atom is 0.170 e. The van der Waals surface area contributed by atoms with Crippen molar-refractivity contribution in [2.75, 3.05) is 6.54 Å². The molecule has 110 valence electrons. The highest BCUT2D eigenvalue weighted by atomic mass is 79.9. The summed E-state index contributed by atoms with van der Waals surface area (Å²) in [5, 5.41) is 6.39. The van der Waals surface area contributed by atoms with Gasteiger partial charge in [0.15, 0.2) is 5.11 Å². The van der Waals surface area contributed by atoms with E-state index in [0.717, 1.165) is 28.2 Å². The van der Waals surface area contributed by atoms with Gasteiger partial charge >= 0.3 is 0 Å². The molecule has 0 bridgehead atoms. The molecule has 3 heterocycles. The van der Waals surface area contributed by atoms with E-state index in [9.17, 15) is 0 Å². The number of hydrogen-bond donors (Lipinski definition) is 1. The van der Waals surface area contributed by atoms with Crippen LogP contribution in [0.15, 0.2) is 40.3 Å². The van der Waals surface area contributed by atoms with E-state index in [1.54, 1.807) is 11.3 Å². The van der Waals surface area contributed by atoms with Crippen LogP contribution in [0.3, 0.4) is 0 Å². The SMILES string of the molecule is CCCN1C(=S)N[C@H](c2ccccn2)[C@@H]1c1cc(Br)cs1. The molecule has 6 heteroatoms. The number of hydrogen-bond acceptors (Lipinski definition) is 3. The van der Waals surface area contributed by atoms with Crippen molar-refractivity contribution in [3.63, 3.8) is 0 Å². The number of thiocarbonyl (C=S) groups is 1. The highest BCUT2D eigenvalue weighted by Crippen LogP contribution is 2.41. The monoisotopic (exact) mass is 381 g/mol. The quantitative estimate of drug-likeness (QED) is 0.799. The summed E-state index contributed by atoms with van der Waals surface area (Å²) < 4.78 is 1.12. The van der Waals surface area contributed by atoms with E-state index in [-0.39, 0.29) is 12.1 Å². The minimum Gasteiger partial charge on any atom is -0.352 e. The Bertz CT molecular complexity index is 629. The molecule has 1 fully saturated rings. The van der Waals surface area contributed by atoms with Crippen LogP contribution in [0.2, 0.25) is 0 Å². The van der Waals surface area contributed by atoms with Gasteiger partial charge < -0.3 is 10.2 Å². The zero-order valence-electron chi connectivity index (χ0n) is 11.6. The molecule has 0 aliphatic carbocycles. The average molecular weight is 382 g/mol. The molecule has 0 saturated carbocycles. The van der Waals surface area contributed by atoms with Gasteiger partial charge in [0.05, 0.1) is 17.8 Å². The Morgan fingerprint density at radius 3 is 2.95 bits per heavy atom. The van der Waals surface area contributed by atoms with Gasteiger partial charge in [0, 0.05) is 27.5 Å². The Balaban J connectivity index is 2.00. The van der Waals surface area contributed by atoms with Crippen molar-refractivity contribution in [2.24, 2.45) is 0 Å². The van der Waals surface area contributed by atoms with Crippen LogP contribution in [-0.2, 0) is 0 Å². The first kappa shape index (κ1) is 14.9. The molecule has 1 N–H and O–H groups in total. The summed E-state index contributed by atoms with van der Waals surface area (Å²) in [6, 6.07) is 8.53. The lowest BCUT2D eigenvalue weighted by Crippen LogP contribution is -2.29. The van der Waals surface area contributed by atoms with Gasteiger partial charge in [-0.15, -0.1) is 11.3 Å². The molecule has 3 nitrogen and oxygen atoms in total. The second-order valence-electron chi connectivity index (χ2n) is 4.99. The Morgan fingerprint density at radius 1 is 1.48 bits per heavy atom. The first-order valence-corrected chi connectivity index (χ1v) is 9.00. The lowest BCUT2D eigenvalue weighted by Gasteiger charge is -2.26. The normalized spacial score (nSPS) is 21.6. The van der Waals surface area contributed by atoms with E-state index in [1.165, 1.54) is 4.88 Å². The summed E-state index contributed by atoms with van der Waals surface area (Å²) in [5.74, 6) is 0. The molecular weight excluding hydrogens is 366 g/mol. The standard InChI is InChI=1S/C15H16BrN3S2/c1-2-7-19-14(12-8-10(16)9-21-12)13(18-15(19)20)11-5-3-4-6-17-11/h3-6,8-9,13-14H,2,7H2,1H3,(H,18,20)/t13-,14+/m1/s1. The molecule has 0 radical (unpaired) electrons. The molecule has 1 aliphatic heterocycles. The second-order valence-corrected chi connectivity index (χ2v) is 7.23. The Hall–Kier alpha value is -0.980. The van der Waals surface area contributed by atoms with Gasteiger partial charge in [-0.1, -0.05) is 13.0 Å². The van der Waals surface area contributed by atoms with Gasteiger partial charge in [-0.25, -0.2) is 0 Å². The minimum atomic E-state index is 0.107. The number of pyridine rings is 1. The van der Waals surface area contributed by atoms with E-state index >= 15 is 0 Å². The number of aromatic nitrogens is 1. The van der Waals surface area contributed by atoms with E-state index in [2.05, 4.69) is 55.6 Å². The van der Waals surface area contributed by atoms with Crippen LogP contribution in [0, 0.1) is 0 Å². The van der Waals surface area contributed by atoms with E-state index in [4.69, 9.17) is 12.2 Å². The fourth-order valence-corrected chi connectivity index (χ4v) is 4.60. The summed E-state index contributed by atoms with van der Waals surface area (Å²) in [7, 11) is 0. The molecule has 1 aliphatic rings. The van der Waals surface area contributed by atoms with Gasteiger partial charge in [0.25, 0.3) is 0 Å². The van der Waals surface area contributed by atoms with Crippen LogP contribution in [0.25, 0.3) is 0 Å². The van der Waals surface area contributed by atoms with Crippen molar-refractivity contribution >= 4 is 44.6 Å². The summed E-state index contributed by atoms with van der Waals surface area (Å²) in [5.41, 5.74) is 1.04. The third kappa shape index (κ3) is 2.98.